The van der Waals surface area contributed by atoms with Crippen LogP contribution in [0.15, 0.2) is 11.6 Å². The minimum Gasteiger partial charge on any atom is -0.481 e. The Kier molecular flexibility index (Phi) is 12.6. The highest BCUT2D eigenvalue weighted by Gasteiger charge is 2.41. The molecule has 1 heterocycles. The Bertz CT molecular complexity index is 545. The van der Waals surface area contributed by atoms with E-state index in [-0.39, 0.29) is 23.1 Å². The molecule has 0 amide bonds. The van der Waals surface area contributed by atoms with Crippen LogP contribution in [-0.4, -0.2) is 34.2 Å². The van der Waals surface area contributed by atoms with Crippen LogP contribution in [0.5, 0.6) is 0 Å². The number of carboxylic acid groups (broad SMARTS) is 1. The monoisotopic (exact) mass is 438 g/mol. The molecule has 1 saturated heterocycles. The summed E-state index contributed by atoms with van der Waals surface area (Å²) >= 11 is 1.44. The van der Waals surface area contributed by atoms with Gasteiger partial charge in [-0.1, -0.05) is 82.8 Å². The number of rotatable bonds is 15. The molecule has 0 bridgehead atoms. The molecular formula is C25H42O4S. The van der Waals surface area contributed by atoms with Crippen molar-refractivity contribution < 1.29 is 19.4 Å². The maximum absolute atomic E-state index is 11.8. The van der Waals surface area contributed by atoms with Gasteiger partial charge in [0.25, 0.3) is 0 Å². The highest BCUT2D eigenvalue weighted by Crippen LogP contribution is 2.42. The minimum atomic E-state index is -0.797. The van der Waals surface area contributed by atoms with E-state index in [1.807, 2.05) is 0 Å². The number of thioether (sulfide) groups is 1. The SMILES string of the molecule is CCCCCCCCCCCCCC=C1CCC2CCC(=O)OC2C1SCC(=O)O. The number of hydrogen-bond donors (Lipinski definition) is 1. The highest BCUT2D eigenvalue weighted by molar-refractivity contribution is 8.00. The second-order valence-corrected chi connectivity index (χ2v) is 10.2. The largest absolute Gasteiger partial charge is 0.481 e. The summed E-state index contributed by atoms with van der Waals surface area (Å²) in [5.41, 5.74) is 1.31. The Morgan fingerprint density at radius 2 is 1.60 bits per heavy atom. The average Bonchev–Trinajstić information content (AvgIpc) is 2.73. The summed E-state index contributed by atoms with van der Waals surface area (Å²) in [7, 11) is 0. The van der Waals surface area contributed by atoms with E-state index in [0.29, 0.717) is 12.3 Å². The molecule has 3 atom stereocenters. The number of carboxylic acids is 1. The molecule has 2 aliphatic rings. The van der Waals surface area contributed by atoms with Crippen molar-refractivity contribution in [3.05, 3.63) is 11.6 Å². The Balaban J connectivity index is 1.67. The second-order valence-electron chi connectivity index (χ2n) is 9.02. The number of aliphatic carboxylic acids is 1. The summed E-state index contributed by atoms with van der Waals surface area (Å²) in [6, 6.07) is 0. The summed E-state index contributed by atoms with van der Waals surface area (Å²) in [4.78, 5) is 22.9. The van der Waals surface area contributed by atoms with Crippen LogP contribution in [-0.2, 0) is 14.3 Å². The second kappa shape index (κ2) is 14.9. The van der Waals surface area contributed by atoms with E-state index in [9.17, 15) is 9.59 Å². The van der Waals surface area contributed by atoms with E-state index in [1.165, 1.54) is 88.0 Å². The molecule has 0 aromatic carbocycles. The molecule has 1 aliphatic heterocycles. The van der Waals surface area contributed by atoms with Crippen LogP contribution in [0.1, 0.15) is 110 Å². The molecule has 0 spiro atoms. The van der Waals surface area contributed by atoms with Crippen LogP contribution in [0.25, 0.3) is 0 Å². The van der Waals surface area contributed by atoms with E-state index < -0.39 is 5.97 Å². The van der Waals surface area contributed by atoms with Crippen LogP contribution >= 0.6 is 11.8 Å². The fraction of sp³-hybridized carbons (Fsp3) is 0.840. The van der Waals surface area contributed by atoms with Crippen LogP contribution in [0, 0.1) is 5.92 Å². The number of hydrogen-bond acceptors (Lipinski definition) is 4. The quantitative estimate of drug-likeness (QED) is 0.171. The summed E-state index contributed by atoms with van der Waals surface area (Å²) in [5, 5.41) is 9.14. The van der Waals surface area contributed by atoms with Gasteiger partial charge < -0.3 is 9.84 Å². The average molecular weight is 439 g/mol. The first-order valence-corrected chi connectivity index (χ1v) is 13.4. The van der Waals surface area contributed by atoms with Crippen molar-refractivity contribution >= 4 is 23.7 Å². The van der Waals surface area contributed by atoms with Gasteiger partial charge in [-0.3, -0.25) is 9.59 Å². The lowest BCUT2D eigenvalue weighted by atomic mass is 9.78. The Hall–Kier alpha value is -0.970. The standard InChI is InChI=1S/C25H42O4S/c1-2-3-4-5-6-7-8-9-10-11-12-13-14-21-16-15-20-17-18-23(28)29-24(20)25(21)30-19-22(26)27/h14,20,24-25H,2-13,15-19H2,1H3,(H,26,27). The summed E-state index contributed by atoms with van der Waals surface area (Å²) < 4.78 is 5.69. The third-order valence-electron chi connectivity index (χ3n) is 6.52. The molecule has 0 aromatic rings. The van der Waals surface area contributed by atoms with Crippen molar-refractivity contribution in [3.63, 3.8) is 0 Å². The molecule has 172 valence electrons. The summed E-state index contributed by atoms with van der Waals surface area (Å²) in [6.07, 6.45) is 21.5. The van der Waals surface area contributed by atoms with Crippen LogP contribution in [0.2, 0.25) is 0 Å². The van der Waals surface area contributed by atoms with Crippen molar-refractivity contribution in [2.45, 2.75) is 121 Å². The van der Waals surface area contributed by atoms with Gasteiger partial charge in [-0.25, -0.2) is 0 Å². The van der Waals surface area contributed by atoms with Gasteiger partial charge in [-0.05, 0) is 38.0 Å². The molecule has 2 rings (SSSR count). The molecule has 0 radical (unpaired) electrons. The lowest BCUT2D eigenvalue weighted by Crippen LogP contribution is -2.44. The topological polar surface area (TPSA) is 63.6 Å². The van der Waals surface area contributed by atoms with E-state index in [0.717, 1.165) is 25.7 Å². The van der Waals surface area contributed by atoms with Gasteiger partial charge in [0.2, 0.25) is 0 Å². The van der Waals surface area contributed by atoms with Gasteiger partial charge in [-0.2, -0.15) is 0 Å². The van der Waals surface area contributed by atoms with Gasteiger partial charge in [0.1, 0.15) is 6.10 Å². The number of carbonyl (C=O) groups is 2. The minimum absolute atomic E-state index is 0.0248. The molecule has 0 aromatic heterocycles. The molecule has 1 aliphatic carbocycles. The van der Waals surface area contributed by atoms with E-state index in [2.05, 4.69) is 13.0 Å². The predicted molar refractivity (Wildman–Crippen MR) is 125 cm³/mol. The third kappa shape index (κ3) is 9.45. The lowest BCUT2D eigenvalue weighted by Gasteiger charge is -2.41. The Morgan fingerprint density at radius 3 is 2.23 bits per heavy atom. The fourth-order valence-corrected chi connectivity index (χ4v) is 5.99. The molecule has 30 heavy (non-hydrogen) atoms. The zero-order chi connectivity index (χ0) is 21.6. The van der Waals surface area contributed by atoms with Gasteiger partial charge in [0, 0.05) is 6.42 Å². The van der Waals surface area contributed by atoms with Gasteiger partial charge in [0.05, 0.1) is 11.0 Å². The number of ether oxygens (including phenoxy) is 1. The zero-order valence-electron chi connectivity index (χ0n) is 18.9. The van der Waals surface area contributed by atoms with Crippen LogP contribution in [0.4, 0.5) is 0 Å². The Morgan fingerprint density at radius 1 is 1.00 bits per heavy atom. The van der Waals surface area contributed by atoms with Crippen molar-refractivity contribution in [3.8, 4) is 0 Å². The number of esters is 1. The molecule has 3 unspecified atom stereocenters. The predicted octanol–water partition coefficient (Wildman–Crippen LogP) is 6.92. The maximum Gasteiger partial charge on any atom is 0.313 e. The van der Waals surface area contributed by atoms with Gasteiger partial charge in [0.15, 0.2) is 0 Å². The lowest BCUT2D eigenvalue weighted by molar-refractivity contribution is -0.158. The first-order valence-electron chi connectivity index (χ1n) is 12.3. The summed E-state index contributed by atoms with van der Waals surface area (Å²) in [5.74, 6) is -0.452. The molecule has 5 heteroatoms. The number of allylic oxidation sites excluding steroid dienone is 1. The van der Waals surface area contributed by atoms with Crippen LogP contribution < -0.4 is 0 Å². The molecule has 2 fully saturated rings. The van der Waals surface area contributed by atoms with Gasteiger partial charge in [-0.15, -0.1) is 11.8 Å². The van der Waals surface area contributed by atoms with Crippen molar-refractivity contribution in [1.29, 1.82) is 0 Å². The van der Waals surface area contributed by atoms with Crippen LogP contribution in [0.3, 0.4) is 0 Å². The van der Waals surface area contributed by atoms with Gasteiger partial charge >= 0.3 is 11.9 Å². The smallest absolute Gasteiger partial charge is 0.313 e. The third-order valence-corrected chi connectivity index (χ3v) is 7.86. The van der Waals surface area contributed by atoms with Crippen molar-refractivity contribution in [2.75, 3.05) is 5.75 Å². The Labute approximate surface area is 187 Å². The normalized spacial score (nSPS) is 25.2. The maximum atomic E-state index is 11.8. The number of carbonyl (C=O) groups excluding carboxylic acids is 1. The number of fused-ring (bicyclic) bond motifs is 1. The van der Waals surface area contributed by atoms with Crippen molar-refractivity contribution in [1.82, 2.24) is 0 Å². The fourth-order valence-electron chi connectivity index (χ4n) is 4.77. The summed E-state index contributed by atoms with van der Waals surface area (Å²) in [6.45, 7) is 2.26. The van der Waals surface area contributed by atoms with Crippen molar-refractivity contribution in [2.24, 2.45) is 5.92 Å². The van der Waals surface area contributed by atoms with E-state index in [1.54, 1.807) is 0 Å². The molecular weight excluding hydrogens is 396 g/mol. The molecule has 1 N–H and O–H groups in total. The zero-order valence-corrected chi connectivity index (χ0v) is 19.7. The first kappa shape index (κ1) is 25.3. The highest BCUT2D eigenvalue weighted by atomic mass is 32.2. The molecule has 4 nitrogen and oxygen atoms in total. The first-order chi connectivity index (χ1) is 14.6. The molecule has 1 saturated carbocycles. The van der Waals surface area contributed by atoms with E-state index in [4.69, 9.17) is 9.84 Å². The number of unbranched alkanes of at least 4 members (excludes halogenated alkanes) is 11. The van der Waals surface area contributed by atoms with E-state index >= 15 is 0 Å².